The third kappa shape index (κ3) is 8.48. The number of rotatable bonds is 10. The van der Waals surface area contributed by atoms with Crippen LogP contribution in [0, 0.1) is 0 Å². The topological polar surface area (TPSA) is 15.7 Å². The van der Waals surface area contributed by atoms with Crippen LogP contribution < -0.4 is 0 Å². The van der Waals surface area contributed by atoms with Crippen LogP contribution in [0.4, 0.5) is 0 Å². The number of hydrogen-bond acceptors (Lipinski definition) is 3. The third-order valence-electron chi connectivity index (χ3n) is 4.61. The van der Waals surface area contributed by atoms with Gasteiger partial charge in [0.2, 0.25) is 0 Å². The Morgan fingerprint density at radius 3 is 1.50 bits per heavy atom. The van der Waals surface area contributed by atoms with Gasteiger partial charge in [-0.2, -0.15) is 0 Å². The Morgan fingerprint density at radius 2 is 1.14 bits per heavy atom. The first kappa shape index (κ1) is 26.8. The van der Waals surface area contributed by atoms with Crippen molar-refractivity contribution in [3.05, 3.63) is 35.9 Å². The van der Waals surface area contributed by atoms with E-state index in [2.05, 4.69) is 116 Å². The first-order chi connectivity index (χ1) is 12.4. The van der Waals surface area contributed by atoms with Gasteiger partial charge in [-0.15, -0.1) is 0 Å². The predicted molar refractivity (Wildman–Crippen MR) is 138 cm³/mol. The monoisotopic (exact) mass is 560 g/mol. The molecule has 1 atom stereocenters. The molecule has 0 aliphatic rings. The summed E-state index contributed by atoms with van der Waals surface area (Å²) in [5.41, 5.74) is 1.40. The molecule has 0 saturated heterocycles. The van der Waals surface area contributed by atoms with E-state index in [0.29, 0.717) is 0 Å². The average molecular weight is 560 g/mol. The molecule has 3 nitrogen and oxygen atoms in total. The van der Waals surface area contributed by atoms with E-state index in [1.807, 2.05) is 0 Å². The number of hydrogen-bond donors (Lipinski definition) is 0. The summed E-state index contributed by atoms with van der Waals surface area (Å²) >= 11 is -1.09. The fourth-order valence-corrected chi connectivity index (χ4v) is 30.1. The standard InChI is InChI=1S/C14H26NOSi2.C6H18NSi2.Sn/c1-17(2,3)15(18(4,5)6)14(16)12-13-10-8-7-9-11-13;1-8(2,3)7-9(4,5)6;/h7-11,14H,12H2,1-6H3;1-6H3;/q2*-1;+2. The summed E-state index contributed by atoms with van der Waals surface area (Å²) in [7, 11) is -5.72. The zero-order valence-corrected chi connectivity index (χ0v) is 27.3. The maximum atomic E-state index is 7.04. The molecule has 0 bridgehead atoms. The Morgan fingerprint density at radius 1 is 0.714 bits per heavy atom. The van der Waals surface area contributed by atoms with Crippen molar-refractivity contribution in [2.45, 2.75) is 91.2 Å². The SMILES string of the molecule is C[Si](C)(C)[N]([Sn][O]C(Cc1ccccc1)N([Si](C)(C)C)[Si](C)(C)C)[Si](C)(C)C. The first-order valence-corrected chi connectivity index (χ1v) is 26.7. The molecule has 160 valence electrons. The third-order valence-corrected chi connectivity index (χ3v) is 33.1. The van der Waals surface area contributed by atoms with Gasteiger partial charge in [0.1, 0.15) is 0 Å². The molecule has 0 N–H and O–H groups in total. The molecular weight excluding hydrogens is 515 g/mol. The van der Waals surface area contributed by atoms with E-state index < -0.39 is 54.8 Å². The quantitative estimate of drug-likeness (QED) is 0.257. The van der Waals surface area contributed by atoms with Crippen LogP contribution in [0.1, 0.15) is 5.56 Å². The zero-order chi connectivity index (χ0) is 22.0. The molecule has 0 heterocycles. The number of benzene rings is 1. The van der Waals surface area contributed by atoms with Crippen LogP contribution in [0.15, 0.2) is 30.3 Å². The van der Waals surface area contributed by atoms with E-state index in [-0.39, 0.29) is 6.23 Å². The van der Waals surface area contributed by atoms with E-state index in [4.69, 9.17) is 3.07 Å². The van der Waals surface area contributed by atoms with Crippen molar-refractivity contribution in [2.24, 2.45) is 0 Å². The van der Waals surface area contributed by atoms with E-state index in [9.17, 15) is 0 Å². The Balaban J connectivity index is 3.23. The molecule has 1 rings (SSSR count). The van der Waals surface area contributed by atoms with Crippen molar-refractivity contribution in [3.8, 4) is 0 Å². The minimum atomic E-state index is -1.50. The summed E-state index contributed by atoms with van der Waals surface area (Å²) in [6.45, 7) is 29.9. The van der Waals surface area contributed by atoms with Crippen molar-refractivity contribution in [1.82, 2.24) is 6.68 Å². The molecule has 28 heavy (non-hydrogen) atoms. The summed E-state index contributed by atoms with van der Waals surface area (Å²) in [5.74, 6) is 0. The molecule has 0 aromatic heterocycles. The van der Waals surface area contributed by atoms with Gasteiger partial charge in [0, 0.05) is 0 Å². The molecule has 8 heteroatoms. The van der Waals surface area contributed by atoms with Crippen LogP contribution in [0.3, 0.4) is 0 Å². The van der Waals surface area contributed by atoms with E-state index in [0.717, 1.165) is 6.42 Å². The van der Waals surface area contributed by atoms with Gasteiger partial charge >= 0.3 is 192 Å². The van der Waals surface area contributed by atoms with Crippen molar-refractivity contribution < 1.29 is 3.07 Å². The summed E-state index contributed by atoms with van der Waals surface area (Å²) in [6, 6.07) is 11.0. The second-order valence-electron chi connectivity index (χ2n) is 11.7. The van der Waals surface area contributed by atoms with E-state index in [1.165, 1.54) is 5.56 Å². The zero-order valence-electron chi connectivity index (χ0n) is 20.5. The van der Waals surface area contributed by atoms with Crippen molar-refractivity contribution in [1.29, 1.82) is 0 Å². The fourth-order valence-electron chi connectivity index (χ4n) is 4.27. The second kappa shape index (κ2) is 9.93. The van der Waals surface area contributed by atoms with Gasteiger partial charge in [-0.05, 0) is 0 Å². The van der Waals surface area contributed by atoms with Crippen LogP contribution in [0.25, 0.3) is 0 Å². The molecule has 0 spiro atoms. The molecule has 1 aromatic carbocycles. The van der Waals surface area contributed by atoms with Crippen LogP contribution in [-0.4, -0.2) is 67.7 Å². The Bertz CT molecular complexity index is 576. The molecule has 1 unspecified atom stereocenters. The second-order valence-corrected chi connectivity index (χ2v) is 36.9. The fraction of sp³-hybridized carbons (Fsp3) is 0.700. The average Bonchev–Trinajstić information content (AvgIpc) is 2.42. The van der Waals surface area contributed by atoms with Crippen molar-refractivity contribution >= 4 is 54.8 Å². The Kier molecular flexibility index (Phi) is 9.50. The van der Waals surface area contributed by atoms with Crippen molar-refractivity contribution in [2.75, 3.05) is 0 Å². The summed E-state index contributed by atoms with van der Waals surface area (Å²) in [4.78, 5) is 0. The van der Waals surface area contributed by atoms with Crippen LogP contribution >= 0.6 is 0 Å². The molecule has 0 fully saturated rings. The Hall–Kier alpha value is 0.766. The van der Waals surface area contributed by atoms with Crippen LogP contribution in [0.5, 0.6) is 0 Å². The normalized spacial score (nSPS) is 15.4. The van der Waals surface area contributed by atoms with Gasteiger partial charge in [0.05, 0.1) is 0 Å². The molecule has 2 radical (unpaired) electrons. The summed E-state index contributed by atoms with van der Waals surface area (Å²) in [6.07, 6.45) is 1.25. The van der Waals surface area contributed by atoms with Gasteiger partial charge in [0.15, 0.2) is 0 Å². The van der Waals surface area contributed by atoms with Gasteiger partial charge in [0.25, 0.3) is 0 Å². The first-order valence-electron chi connectivity index (χ1n) is 10.5. The minimum absolute atomic E-state index is 0.238. The predicted octanol–water partition coefficient (Wildman–Crippen LogP) is 6.05. The van der Waals surface area contributed by atoms with Gasteiger partial charge in [-0.1, -0.05) is 0 Å². The van der Waals surface area contributed by atoms with Gasteiger partial charge in [-0.3, -0.25) is 0 Å². The van der Waals surface area contributed by atoms with Crippen LogP contribution in [0.2, 0.25) is 78.6 Å². The molecule has 0 aliphatic carbocycles. The van der Waals surface area contributed by atoms with Gasteiger partial charge < -0.3 is 0 Å². The van der Waals surface area contributed by atoms with E-state index in [1.54, 1.807) is 0 Å². The molecule has 0 saturated carbocycles. The van der Waals surface area contributed by atoms with Crippen molar-refractivity contribution in [3.63, 3.8) is 0 Å². The van der Waals surface area contributed by atoms with Crippen LogP contribution in [-0.2, 0) is 9.49 Å². The molecular formula is C20H44N2OSi4Sn. The van der Waals surface area contributed by atoms with E-state index >= 15 is 0 Å². The molecule has 0 aliphatic heterocycles. The van der Waals surface area contributed by atoms with Gasteiger partial charge in [-0.25, -0.2) is 0 Å². The summed E-state index contributed by atoms with van der Waals surface area (Å²) < 4.78 is 12.8. The molecule has 1 aromatic rings. The number of nitrogens with zero attached hydrogens (tertiary/aromatic N) is 2. The summed E-state index contributed by atoms with van der Waals surface area (Å²) in [5, 5.41) is 0. The maximum absolute atomic E-state index is 7.04. The Labute approximate surface area is 190 Å². The molecule has 0 amide bonds.